The van der Waals surface area contributed by atoms with Crippen LogP contribution in [0.4, 0.5) is 34.1 Å². The highest BCUT2D eigenvalue weighted by Gasteiger charge is 2.16. The van der Waals surface area contributed by atoms with Crippen molar-refractivity contribution >= 4 is 76.7 Å². The van der Waals surface area contributed by atoms with Gasteiger partial charge in [0.05, 0.1) is 0 Å². The Balaban J connectivity index is 1.53. The van der Waals surface area contributed by atoms with E-state index in [1.54, 1.807) is 0 Å². The van der Waals surface area contributed by atoms with Crippen molar-refractivity contribution in [1.29, 1.82) is 0 Å². The fraction of sp³-hybridized carbons (Fsp3) is 0.118. The standard InChI is InChI=1S/C34H29B2BrN2/c1-2-3-4-25-5-13-29(14-6-25)38(30-15-7-26(35)8-16-30)33-21-23-34(24-22-33)39(31-17-9-27(36)10-18-31)32-19-11-28(37)12-20-32/h5-24H,2-4H2,1H3. The van der Waals surface area contributed by atoms with E-state index >= 15 is 0 Å². The molecule has 5 aromatic rings. The number of rotatable bonds is 9. The molecule has 5 heteroatoms. The van der Waals surface area contributed by atoms with Crippen LogP contribution in [0, 0.1) is 0 Å². The summed E-state index contributed by atoms with van der Waals surface area (Å²) < 4.78 is 1.04. The fourth-order valence-corrected chi connectivity index (χ4v) is 4.94. The molecule has 0 bridgehead atoms. The molecule has 39 heavy (non-hydrogen) atoms. The van der Waals surface area contributed by atoms with Crippen LogP contribution in [0.3, 0.4) is 0 Å². The van der Waals surface area contributed by atoms with E-state index < -0.39 is 0 Å². The molecule has 5 aromatic carbocycles. The maximum atomic E-state index is 6.02. The minimum absolute atomic E-state index is 0.740. The van der Waals surface area contributed by atoms with Gasteiger partial charge in [-0.15, -0.1) is 0 Å². The summed E-state index contributed by atoms with van der Waals surface area (Å²) in [6.07, 6.45) is 3.50. The lowest BCUT2D eigenvalue weighted by Gasteiger charge is -2.28. The normalized spacial score (nSPS) is 10.8. The summed E-state index contributed by atoms with van der Waals surface area (Å²) in [7, 11) is 12.0. The Kier molecular flexibility index (Phi) is 8.58. The maximum Gasteiger partial charge on any atom is 0.113 e. The summed E-state index contributed by atoms with van der Waals surface area (Å²) in [6.45, 7) is 2.23. The average Bonchev–Trinajstić information content (AvgIpc) is 2.97. The molecule has 0 N–H and O–H groups in total. The summed E-state index contributed by atoms with van der Waals surface area (Å²) in [5.74, 6) is 0. The van der Waals surface area contributed by atoms with Crippen LogP contribution < -0.4 is 20.7 Å². The first kappa shape index (κ1) is 26.9. The molecule has 0 unspecified atom stereocenters. The summed E-state index contributed by atoms with van der Waals surface area (Å²) in [5.41, 5.74) is 9.24. The zero-order valence-electron chi connectivity index (χ0n) is 22.1. The molecule has 2 nitrogen and oxygen atoms in total. The van der Waals surface area contributed by atoms with Gasteiger partial charge in [0.15, 0.2) is 0 Å². The molecule has 0 saturated carbocycles. The molecule has 0 spiro atoms. The van der Waals surface area contributed by atoms with Gasteiger partial charge >= 0.3 is 0 Å². The number of nitrogens with zero attached hydrogens (tertiary/aromatic N) is 2. The third-order valence-electron chi connectivity index (χ3n) is 6.77. The van der Waals surface area contributed by atoms with E-state index in [0.29, 0.717) is 0 Å². The number of aryl methyl sites for hydroxylation is 1. The number of benzene rings is 5. The average molecular weight is 567 g/mol. The largest absolute Gasteiger partial charge is 0.311 e. The number of unbranched alkanes of at least 4 members (excludes halogenated alkanes) is 1. The second-order valence-corrected chi connectivity index (χ2v) is 10.5. The second-order valence-electron chi connectivity index (χ2n) is 9.62. The number of halogens is 1. The molecule has 0 aliphatic heterocycles. The van der Waals surface area contributed by atoms with Crippen LogP contribution in [0.5, 0.6) is 0 Å². The van der Waals surface area contributed by atoms with E-state index in [-0.39, 0.29) is 0 Å². The predicted octanol–water partition coefficient (Wildman–Crippen LogP) is 8.32. The van der Waals surface area contributed by atoms with Crippen molar-refractivity contribution in [2.75, 3.05) is 9.80 Å². The van der Waals surface area contributed by atoms with Gasteiger partial charge in [-0.25, -0.2) is 0 Å². The van der Waals surface area contributed by atoms with E-state index in [0.717, 1.165) is 55.9 Å². The SMILES string of the molecule is [B]c1ccc(N(c2ccc(Br)cc2)c2ccc(N(c3ccc([B])cc3)c3ccc(CCCC)cc3)cc2)cc1. The molecule has 5 rings (SSSR count). The third-order valence-corrected chi connectivity index (χ3v) is 7.30. The van der Waals surface area contributed by atoms with E-state index in [1.807, 2.05) is 36.4 Å². The first-order chi connectivity index (χ1) is 19.0. The van der Waals surface area contributed by atoms with Crippen molar-refractivity contribution in [2.24, 2.45) is 0 Å². The smallest absolute Gasteiger partial charge is 0.113 e. The van der Waals surface area contributed by atoms with E-state index in [2.05, 4.69) is 118 Å². The summed E-state index contributed by atoms with van der Waals surface area (Å²) >= 11 is 3.56. The van der Waals surface area contributed by atoms with Gasteiger partial charge in [-0.05, 0) is 103 Å². The topological polar surface area (TPSA) is 6.48 Å². The molecule has 4 radical (unpaired) electrons. The number of hydrogen-bond acceptors (Lipinski definition) is 2. The van der Waals surface area contributed by atoms with E-state index in [1.165, 1.54) is 18.4 Å². The van der Waals surface area contributed by atoms with Crippen molar-refractivity contribution in [3.8, 4) is 0 Å². The Morgan fingerprint density at radius 3 is 1.15 bits per heavy atom. The number of hydrogen-bond donors (Lipinski definition) is 0. The maximum absolute atomic E-state index is 6.02. The Morgan fingerprint density at radius 2 is 0.795 bits per heavy atom. The monoisotopic (exact) mass is 566 g/mol. The Bertz CT molecular complexity index is 1440. The summed E-state index contributed by atoms with van der Waals surface area (Å²) in [6, 6.07) is 41.9. The molecule has 188 valence electrons. The Morgan fingerprint density at radius 1 is 0.487 bits per heavy atom. The van der Waals surface area contributed by atoms with Crippen LogP contribution in [0.1, 0.15) is 25.3 Å². The van der Waals surface area contributed by atoms with E-state index in [4.69, 9.17) is 15.7 Å². The van der Waals surface area contributed by atoms with Crippen LogP contribution in [0.25, 0.3) is 0 Å². The zero-order valence-corrected chi connectivity index (χ0v) is 23.7. The third kappa shape index (κ3) is 6.49. The first-order valence-corrected chi connectivity index (χ1v) is 14.1. The molecule has 0 atom stereocenters. The molecule has 0 heterocycles. The summed E-state index contributed by atoms with van der Waals surface area (Å²) in [4.78, 5) is 4.49. The van der Waals surface area contributed by atoms with Gasteiger partial charge in [0.25, 0.3) is 0 Å². The van der Waals surface area contributed by atoms with Crippen molar-refractivity contribution in [1.82, 2.24) is 0 Å². The minimum Gasteiger partial charge on any atom is -0.311 e. The quantitative estimate of drug-likeness (QED) is 0.165. The van der Waals surface area contributed by atoms with Crippen LogP contribution in [-0.2, 0) is 6.42 Å². The highest BCUT2D eigenvalue weighted by molar-refractivity contribution is 9.10. The lowest BCUT2D eigenvalue weighted by Crippen LogP contribution is -2.13. The van der Waals surface area contributed by atoms with Gasteiger partial charge in [-0.1, -0.05) is 76.6 Å². The highest BCUT2D eigenvalue weighted by Crippen LogP contribution is 2.39. The fourth-order valence-electron chi connectivity index (χ4n) is 4.67. The Labute approximate surface area is 243 Å². The summed E-state index contributed by atoms with van der Waals surface area (Å²) in [5, 5.41) is 0. The van der Waals surface area contributed by atoms with Crippen LogP contribution in [-0.4, -0.2) is 15.7 Å². The van der Waals surface area contributed by atoms with Crippen molar-refractivity contribution in [3.05, 3.63) is 131 Å². The predicted molar refractivity (Wildman–Crippen MR) is 173 cm³/mol. The van der Waals surface area contributed by atoms with Crippen LogP contribution in [0.2, 0.25) is 0 Å². The van der Waals surface area contributed by atoms with E-state index in [9.17, 15) is 0 Å². The molecule has 0 aromatic heterocycles. The highest BCUT2D eigenvalue weighted by atomic mass is 79.9. The molecular weight excluding hydrogens is 538 g/mol. The van der Waals surface area contributed by atoms with Gasteiger partial charge < -0.3 is 9.80 Å². The van der Waals surface area contributed by atoms with Gasteiger partial charge in [-0.2, -0.15) is 0 Å². The van der Waals surface area contributed by atoms with Crippen molar-refractivity contribution in [3.63, 3.8) is 0 Å². The molecule has 0 aliphatic rings. The van der Waals surface area contributed by atoms with Crippen molar-refractivity contribution < 1.29 is 0 Å². The second kappa shape index (κ2) is 12.4. The molecule has 0 amide bonds. The van der Waals surface area contributed by atoms with Crippen LogP contribution in [0.15, 0.2) is 126 Å². The Hall–Kier alpha value is -3.69. The first-order valence-electron chi connectivity index (χ1n) is 13.3. The van der Waals surface area contributed by atoms with Gasteiger partial charge in [0.2, 0.25) is 0 Å². The molecular formula is C34H29B2BrN2. The zero-order chi connectivity index (χ0) is 27.2. The lowest BCUT2D eigenvalue weighted by molar-refractivity contribution is 0.795. The van der Waals surface area contributed by atoms with Gasteiger partial charge in [0.1, 0.15) is 15.7 Å². The molecule has 0 saturated heterocycles. The lowest BCUT2D eigenvalue weighted by atomic mass is 9.96. The number of anilines is 6. The van der Waals surface area contributed by atoms with Gasteiger partial charge in [-0.3, -0.25) is 0 Å². The van der Waals surface area contributed by atoms with Crippen molar-refractivity contribution in [2.45, 2.75) is 26.2 Å². The molecule has 0 aliphatic carbocycles. The minimum atomic E-state index is 0.740. The van der Waals surface area contributed by atoms with Gasteiger partial charge in [0, 0.05) is 38.6 Å². The molecule has 0 fully saturated rings. The van der Waals surface area contributed by atoms with Crippen LogP contribution >= 0.6 is 15.9 Å².